The number of methoxy groups -OCH3 is 1. The third-order valence-electron chi connectivity index (χ3n) is 6.39. The highest BCUT2D eigenvalue weighted by atomic mass is 16.5. The first-order chi connectivity index (χ1) is 15.4. The Morgan fingerprint density at radius 1 is 1.28 bits per heavy atom. The van der Waals surface area contributed by atoms with Gasteiger partial charge in [0.25, 0.3) is 5.91 Å². The normalized spacial score (nSPS) is 23.3. The van der Waals surface area contributed by atoms with Crippen molar-refractivity contribution in [1.82, 2.24) is 15.6 Å². The number of ether oxygens (including phenoxy) is 2. The summed E-state index contributed by atoms with van der Waals surface area (Å²) in [6, 6.07) is 8.77. The van der Waals surface area contributed by atoms with Crippen LogP contribution in [-0.4, -0.2) is 68.7 Å². The van der Waals surface area contributed by atoms with Gasteiger partial charge in [-0.1, -0.05) is 11.6 Å². The molecule has 3 atom stereocenters. The Morgan fingerprint density at radius 2 is 2.06 bits per heavy atom. The first-order valence-electron chi connectivity index (χ1n) is 11.5. The molecule has 3 heterocycles. The second-order valence-corrected chi connectivity index (χ2v) is 8.99. The number of aromatic nitrogens is 1. The van der Waals surface area contributed by atoms with Crippen molar-refractivity contribution < 1.29 is 14.3 Å². The van der Waals surface area contributed by atoms with E-state index in [-0.39, 0.29) is 18.1 Å². The number of fused-ring (bicyclic) bond motifs is 1. The maximum absolute atomic E-state index is 13.0. The fraction of sp³-hybridized carbons (Fsp3) is 0.583. The molecule has 2 aliphatic rings. The number of nitrogens with zero attached hydrogens (tertiary/aromatic N) is 2. The number of amides is 1. The molecule has 174 valence electrons. The topological polar surface area (TPSA) is 102 Å². The first kappa shape index (κ1) is 22.9. The molecule has 2 saturated heterocycles. The van der Waals surface area contributed by atoms with Crippen molar-refractivity contribution in [2.24, 2.45) is 5.73 Å². The van der Waals surface area contributed by atoms with Crippen LogP contribution >= 0.6 is 0 Å². The lowest BCUT2D eigenvalue weighted by atomic mass is 9.98. The predicted octanol–water partition coefficient (Wildman–Crippen LogP) is 1.94. The van der Waals surface area contributed by atoms with Gasteiger partial charge in [0.2, 0.25) is 0 Å². The Bertz CT molecular complexity index is 945. The summed E-state index contributed by atoms with van der Waals surface area (Å²) in [5.41, 5.74) is 8.39. The highest BCUT2D eigenvalue weighted by molar-refractivity contribution is 6.02. The number of piperidine rings is 1. The summed E-state index contributed by atoms with van der Waals surface area (Å²) in [5, 5.41) is 7.55. The SMILES string of the molecule is COC1CN(c2nc3ccc(C)cc3cc2C(=O)NC(C)N)CCC1NC1CCOCC1. The summed E-state index contributed by atoms with van der Waals surface area (Å²) in [4.78, 5) is 20.1. The van der Waals surface area contributed by atoms with Gasteiger partial charge in [0.1, 0.15) is 5.82 Å². The summed E-state index contributed by atoms with van der Waals surface area (Å²) in [6.07, 6.45) is 2.54. The molecule has 1 aromatic heterocycles. The average molecular weight is 442 g/mol. The quantitative estimate of drug-likeness (QED) is 0.589. The minimum atomic E-state index is -0.440. The standard InChI is InChI=1S/C24H35N5O3/c1-15-4-5-20-17(12-15)13-19(24(30)26-16(2)25)23(28-20)29-9-6-21(22(14-29)31-3)27-18-7-10-32-11-8-18/h4-5,12-13,16,18,21-22,27H,6-11,14,25H2,1-3H3,(H,26,30). The highest BCUT2D eigenvalue weighted by Crippen LogP contribution is 2.28. The molecule has 8 heteroatoms. The van der Waals surface area contributed by atoms with Crippen LogP contribution in [0.2, 0.25) is 0 Å². The predicted molar refractivity (Wildman–Crippen MR) is 126 cm³/mol. The van der Waals surface area contributed by atoms with Gasteiger partial charge in [-0.15, -0.1) is 0 Å². The van der Waals surface area contributed by atoms with E-state index in [4.69, 9.17) is 20.2 Å². The van der Waals surface area contributed by atoms with Crippen LogP contribution in [0, 0.1) is 6.92 Å². The van der Waals surface area contributed by atoms with E-state index in [1.807, 2.05) is 25.1 Å². The molecule has 4 N–H and O–H groups in total. The molecule has 0 aliphatic carbocycles. The number of aryl methyl sites for hydroxylation is 1. The second-order valence-electron chi connectivity index (χ2n) is 8.99. The molecule has 1 aromatic carbocycles. The maximum Gasteiger partial charge on any atom is 0.256 e. The fourth-order valence-electron chi connectivity index (χ4n) is 4.68. The van der Waals surface area contributed by atoms with Gasteiger partial charge in [-0.2, -0.15) is 0 Å². The number of rotatable bonds is 6. The van der Waals surface area contributed by atoms with E-state index in [1.54, 1.807) is 14.0 Å². The zero-order valence-corrected chi connectivity index (χ0v) is 19.3. The van der Waals surface area contributed by atoms with Gasteiger partial charge in [0.15, 0.2) is 0 Å². The smallest absolute Gasteiger partial charge is 0.256 e. The number of hydrogen-bond acceptors (Lipinski definition) is 7. The minimum Gasteiger partial charge on any atom is -0.381 e. The van der Waals surface area contributed by atoms with Crippen LogP contribution in [0.5, 0.6) is 0 Å². The molecule has 0 saturated carbocycles. The Hall–Kier alpha value is -2.26. The number of benzene rings is 1. The van der Waals surface area contributed by atoms with Gasteiger partial charge in [-0.3, -0.25) is 4.79 Å². The van der Waals surface area contributed by atoms with Gasteiger partial charge in [-0.05, 0) is 51.3 Å². The number of anilines is 1. The molecule has 2 aliphatic heterocycles. The van der Waals surface area contributed by atoms with Crippen LogP contribution in [0.4, 0.5) is 5.82 Å². The number of hydrogen-bond donors (Lipinski definition) is 3. The highest BCUT2D eigenvalue weighted by Gasteiger charge is 2.33. The van der Waals surface area contributed by atoms with E-state index in [2.05, 4.69) is 21.6 Å². The molecule has 4 rings (SSSR count). The van der Waals surface area contributed by atoms with Crippen molar-refractivity contribution in [3.8, 4) is 0 Å². The van der Waals surface area contributed by atoms with Gasteiger partial charge in [-0.25, -0.2) is 4.98 Å². The lowest BCUT2D eigenvalue weighted by Gasteiger charge is -2.41. The number of carbonyl (C=O) groups is 1. The summed E-state index contributed by atoms with van der Waals surface area (Å²) in [5.74, 6) is 0.480. The van der Waals surface area contributed by atoms with Crippen molar-refractivity contribution in [2.45, 2.75) is 57.5 Å². The average Bonchev–Trinajstić information content (AvgIpc) is 2.78. The molecule has 2 aromatic rings. The van der Waals surface area contributed by atoms with Crippen LogP contribution in [0.15, 0.2) is 24.3 Å². The third-order valence-corrected chi connectivity index (χ3v) is 6.39. The van der Waals surface area contributed by atoms with Crippen molar-refractivity contribution in [3.63, 3.8) is 0 Å². The molecule has 3 unspecified atom stereocenters. The number of nitrogens with one attached hydrogen (secondary N) is 2. The van der Waals surface area contributed by atoms with Crippen LogP contribution in [-0.2, 0) is 9.47 Å². The van der Waals surface area contributed by atoms with E-state index < -0.39 is 6.17 Å². The van der Waals surface area contributed by atoms with E-state index in [1.165, 1.54) is 0 Å². The number of pyridine rings is 1. The van der Waals surface area contributed by atoms with Crippen LogP contribution < -0.4 is 21.3 Å². The largest absolute Gasteiger partial charge is 0.381 e. The molecule has 0 spiro atoms. The number of carbonyl (C=O) groups excluding carboxylic acids is 1. The van der Waals surface area contributed by atoms with Crippen molar-refractivity contribution >= 4 is 22.6 Å². The van der Waals surface area contributed by atoms with Gasteiger partial charge >= 0.3 is 0 Å². The van der Waals surface area contributed by atoms with Crippen molar-refractivity contribution in [3.05, 3.63) is 35.4 Å². The summed E-state index contributed by atoms with van der Waals surface area (Å²) >= 11 is 0. The Balaban J connectivity index is 1.60. The molecular formula is C24H35N5O3. The van der Waals surface area contributed by atoms with Gasteiger partial charge < -0.3 is 30.7 Å². The fourth-order valence-corrected chi connectivity index (χ4v) is 4.68. The minimum absolute atomic E-state index is 0.00597. The van der Waals surface area contributed by atoms with Crippen molar-refractivity contribution in [1.29, 1.82) is 0 Å². The molecule has 8 nitrogen and oxygen atoms in total. The molecular weight excluding hydrogens is 406 g/mol. The van der Waals surface area contributed by atoms with E-state index in [0.29, 0.717) is 24.0 Å². The number of nitrogens with two attached hydrogens (primary N) is 1. The third kappa shape index (κ3) is 5.20. The van der Waals surface area contributed by atoms with Crippen LogP contribution in [0.3, 0.4) is 0 Å². The Labute approximate surface area is 189 Å². The van der Waals surface area contributed by atoms with E-state index in [0.717, 1.165) is 55.5 Å². The molecule has 0 bridgehead atoms. The van der Waals surface area contributed by atoms with Crippen molar-refractivity contribution in [2.75, 3.05) is 38.3 Å². The maximum atomic E-state index is 13.0. The molecule has 32 heavy (non-hydrogen) atoms. The molecule has 0 radical (unpaired) electrons. The monoisotopic (exact) mass is 441 g/mol. The molecule has 1 amide bonds. The Morgan fingerprint density at radius 3 is 2.78 bits per heavy atom. The second kappa shape index (κ2) is 10.1. The lowest BCUT2D eigenvalue weighted by Crippen LogP contribution is -2.56. The summed E-state index contributed by atoms with van der Waals surface area (Å²) in [6.45, 7) is 6.88. The van der Waals surface area contributed by atoms with Gasteiger partial charge in [0.05, 0.1) is 23.3 Å². The van der Waals surface area contributed by atoms with E-state index in [9.17, 15) is 4.79 Å². The zero-order chi connectivity index (χ0) is 22.7. The lowest BCUT2D eigenvalue weighted by molar-refractivity contribution is 0.0359. The summed E-state index contributed by atoms with van der Waals surface area (Å²) in [7, 11) is 1.76. The first-order valence-corrected chi connectivity index (χ1v) is 11.5. The van der Waals surface area contributed by atoms with E-state index >= 15 is 0 Å². The molecule has 2 fully saturated rings. The Kier molecular flexibility index (Phi) is 7.25. The van der Waals surface area contributed by atoms with Gasteiger partial charge in [0, 0.05) is 50.9 Å². The van der Waals surface area contributed by atoms with Crippen LogP contribution in [0.25, 0.3) is 10.9 Å². The zero-order valence-electron chi connectivity index (χ0n) is 19.3. The summed E-state index contributed by atoms with van der Waals surface area (Å²) < 4.78 is 11.4. The van der Waals surface area contributed by atoms with Crippen LogP contribution in [0.1, 0.15) is 42.1 Å².